The molecule has 0 aliphatic carbocycles. The highest BCUT2D eigenvalue weighted by Crippen LogP contribution is 2.13. The smallest absolute Gasteiger partial charge is 0.306 e. The maximum Gasteiger partial charge on any atom is 0.306 e. The molecule has 0 fully saturated rings. The monoisotopic (exact) mass is 887 g/mol. The van der Waals surface area contributed by atoms with Crippen LogP contribution >= 0.6 is 0 Å². The van der Waals surface area contributed by atoms with Gasteiger partial charge in [0.25, 0.3) is 0 Å². The molecule has 64 heavy (non-hydrogen) atoms. The topological polar surface area (TPSA) is 61.8 Å². The Bertz CT molecular complexity index is 1280. The summed E-state index contributed by atoms with van der Waals surface area (Å²) >= 11 is 0. The van der Waals surface area contributed by atoms with E-state index in [1.165, 1.54) is 89.9 Å². The van der Waals surface area contributed by atoms with Gasteiger partial charge in [-0.05, 0) is 116 Å². The van der Waals surface area contributed by atoms with Gasteiger partial charge in [0.2, 0.25) is 0 Å². The van der Waals surface area contributed by atoms with Crippen molar-refractivity contribution in [3.8, 4) is 0 Å². The second kappa shape index (κ2) is 53.9. The van der Waals surface area contributed by atoms with Crippen LogP contribution in [0.5, 0.6) is 0 Å². The van der Waals surface area contributed by atoms with Crippen LogP contribution in [0.25, 0.3) is 0 Å². The first kappa shape index (κ1) is 60.6. The summed E-state index contributed by atoms with van der Waals surface area (Å²) in [5.41, 5.74) is 0. The lowest BCUT2D eigenvalue weighted by atomic mass is 10.1. The molecule has 0 heterocycles. The average molecular weight is 887 g/mol. The maximum atomic E-state index is 12.8. The molecule has 0 N–H and O–H groups in total. The molecule has 0 spiro atoms. The zero-order valence-electron chi connectivity index (χ0n) is 41.8. The summed E-state index contributed by atoms with van der Waals surface area (Å²) in [6.45, 7) is 7.49. The van der Waals surface area contributed by atoms with E-state index in [2.05, 4.69) is 130 Å². The molecular formula is C59H98O5. The Hall–Kier alpha value is -3.44. The van der Waals surface area contributed by atoms with Crippen LogP contribution in [-0.2, 0) is 23.8 Å². The van der Waals surface area contributed by atoms with Crippen LogP contribution < -0.4 is 0 Å². The number of unbranched alkanes of at least 4 members (excludes halogenated alkanes) is 18. The van der Waals surface area contributed by atoms with Crippen molar-refractivity contribution in [1.82, 2.24) is 0 Å². The summed E-state index contributed by atoms with van der Waals surface area (Å²) < 4.78 is 17.3. The molecule has 0 aliphatic rings. The van der Waals surface area contributed by atoms with Gasteiger partial charge in [-0.2, -0.15) is 0 Å². The van der Waals surface area contributed by atoms with Crippen molar-refractivity contribution in [2.75, 3.05) is 19.8 Å². The summed E-state index contributed by atoms with van der Waals surface area (Å²) in [6.07, 6.45) is 74.0. The third-order valence-corrected chi connectivity index (χ3v) is 10.8. The fourth-order valence-corrected chi connectivity index (χ4v) is 6.91. The third-order valence-electron chi connectivity index (χ3n) is 10.8. The molecule has 0 amide bonds. The highest BCUT2D eigenvalue weighted by molar-refractivity contribution is 5.70. The summed E-state index contributed by atoms with van der Waals surface area (Å²) in [7, 11) is 0. The molecule has 5 heteroatoms. The van der Waals surface area contributed by atoms with Crippen LogP contribution in [0.2, 0.25) is 0 Å². The van der Waals surface area contributed by atoms with E-state index in [1.54, 1.807) is 0 Å². The number of hydrogen-bond donors (Lipinski definition) is 0. The molecule has 0 aliphatic heterocycles. The fraction of sp³-hybridized carbons (Fsp3) is 0.661. The van der Waals surface area contributed by atoms with Crippen molar-refractivity contribution in [3.05, 3.63) is 109 Å². The largest absolute Gasteiger partial charge is 0.462 e. The summed E-state index contributed by atoms with van der Waals surface area (Å²) in [6, 6.07) is 0. The van der Waals surface area contributed by atoms with Crippen molar-refractivity contribution in [3.63, 3.8) is 0 Å². The Balaban J connectivity index is 4.40. The lowest BCUT2D eigenvalue weighted by molar-refractivity contribution is -0.163. The molecular weight excluding hydrogens is 789 g/mol. The first-order valence-corrected chi connectivity index (χ1v) is 26.4. The second-order valence-corrected chi connectivity index (χ2v) is 17.0. The van der Waals surface area contributed by atoms with Crippen LogP contribution in [0.15, 0.2) is 109 Å². The minimum absolute atomic E-state index is 0.0370. The number of carbonyl (C=O) groups excluding carboxylic acids is 2. The maximum absolute atomic E-state index is 12.8. The Morgan fingerprint density at radius 3 is 1.19 bits per heavy atom. The number of ether oxygens (including phenoxy) is 3. The minimum atomic E-state index is -0.582. The zero-order chi connectivity index (χ0) is 46.3. The van der Waals surface area contributed by atoms with E-state index in [4.69, 9.17) is 14.2 Å². The summed E-state index contributed by atoms with van der Waals surface area (Å²) in [5.74, 6) is -0.504. The van der Waals surface area contributed by atoms with Crippen LogP contribution in [-0.4, -0.2) is 37.9 Å². The van der Waals surface area contributed by atoms with Gasteiger partial charge in [-0.25, -0.2) is 0 Å². The number of rotatable bonds is 47. The lowest BCUT2D eigenvalue weighted by Crippen LogP contribution is -2.30. The SMILES string of the molecule is CC/C=C\C/C=C\C/C=C\C/C=C\C/C=C\CCCC(=O)OCC(COCCCCCCCCCC/C=C\CCCCCCCC)OC(=O)CCCCC/C=C\C/C=C\C/C=C\CC. The first-order valence-electron chi connectivity index (χ1n) is 26.4. The lowest BCUT2D eigenvalue weighted by Gasteiger charge is -2.18. The second-order valence-electron chi connectivity index (χ2n) is 17.0. The molecule has 5 nitrogen and oxygen atoms in total. The normalized spacial score (nSPS) is 13.1. The van der Waals surface area contributed by atoms with Crippen molar-refractivity contribution in [2.24, 2.45) is 0 Å². The van der Waals surface area contributed by atoms with Crippen molar-refractivity contribution < 1.29 is 23.8 Å². The van der Waals surface area contributed by atoms with Gasteiger partial charge in [-0.15, -0.1) is 0 Å². The van der Waals surface area contributed by atoms with Crippen LogP contribution in [0.3, 0.4) is 0 Å². The standard InChI is InChI=1S/C59H98O5/c1-4-7-10-13-16-19-22-25-27-29-31-33-36-39-42-45-48-51-54-62-55-57(64-59(61)53-50-47-44-41-38-34-24-21-18-15-12-9-6-3)56-63-58(60)52-49-46-43-40-37-35-32-30-28-26-23-20-17-14-11-8-5-2/h8-9,11-12,17-18,20-21,25-28,32,34-35,38,40,43,57H,4-7,10,13-16,19,22-24,29-31,33,36-37,39,41-42,44-56H2,1-3H3/b11-8-,12-9-,20-17-,21-18-,27-25-,28-26-,35-32-,38-34-,43-40-. The van der Waals surface area contributed by atoms with E-state index in [1.807, 2.05) is 0 Å². The van der Waals surface area contributed by atoms with Crippen LogP contribution in [0.1, 0.15) is 226 Å². The highest BCUT2D eigenvalue weighted by Gasteiger charge is 2.17. The van der Waals surface area contributed by atoms with E-state index in [-0.39, 0.29) is 25.2 Å². The van der Waals surface area contributed by atoms with E-state index < -0.39 is 6.10 Å². The molecule has 0 aromatic rings. The van der Waals surface area contributed by atoms with E-state index in [9.17, 15) is 9.59 Å². The Kier molecular flexibility index (Phi) is 51.0. The minimum Gasteiger partial charge on any atom is -0.462 e. The van der Waals surface area contributed by atoms with Gasteiger partial charge in [-0.1, -0.05) is 207 Å². The van der Waals surface area contributed by atoms with Crippen LogP contribution in [0.4, 0.5) is 0 Å². The van der Waals surface area contributed by atoms with Crippen molar-refractivity contribution in [2.45, 2.75) is 232 Å². The average Bonchev–Trinajstić information content (AvgIpc) is 3.30. The van der Waals surface area contributed by atoms with Gasteiger partial charge in [0.05, 0.1) is 6.61 Å². The molecule has 0 saturated carbocycles. The molecule has 1 unspecified atom stereocenters. The van der Waals surface area contributed by atoms with Crippen molar-refractivity contribution in [1.29, 1.82) is 0 Å². The van der Waals surface area contributed by atoms with Crippen LogP contribution in [0, 0.1) is 0 Å². The van der Waals surface area contributed by atoms with Gasteiger partial charge in [0.15, 0.2) is 6.10 Å². The van der Waals surface area contributed by atoms with Gasteiger partial charge in [0, 0.05) is 19.4 Å². The number of allylic oxidation sites excluding steroid dienone is 18. The molecule has 1 atom stereocenters. The molecule has 0 saturated heterocycles. The predicted octanol–water partition coefficient (Wildman–Crippen LogP) is 18.0. The highest BCUT2D eigenvalue weighted by atomic mass is 16.6. The zero-order valence-corrected chi connectivity index (χ0v) is 41.8. The molecule has 0 radical (unpaired) electrons. The van der Waals surface area contributed by atoms with Gasteiger partial charge in [-0.3, -0.25) is 9.59 Å². The molecule has 0 bridgehead atoms. The Labute approximate surface area is 395 Å². The van der Waals surface area contributed by atoms with Crippen molar-refractivity contribution >= 4 is 11.9 Å². The Morgan fingerprint density at radius 1 is 0.359 bits per heavy atom. The molecule has 364 valence electrons. The van der Waals surface area contributed by atoms with E-state index in [0.29, 0.717) is 19.4 Å². The molecule has 0 aromatic heterocycles. The molecule has 0 aromatic carbocycles. The number of hydrogen-bond acceptors (Lipinski definition) is 5. The van der Waals surface area contributed by atoms with E-state index >= 15 is 0 Å². The third kappa shape index (κ3) is 51.2. The van der Waals surface area contributed by atoms with E-state index in [0.717, 1.165) is 103 Å². The van der Waals surface area contributed by atoms with Gasteiger partial charge < -0.3 is 14.2 Å². The van der Waals surface area contributed by atoms with Gasteiger partial charge >= 0.3 is 11.9 Å². The molecule has 0 rings (SSSR count). The first-order chi connectivity index (χ1) is 31.6. The fourth-order valence-electron chi connectivity index (χ4n) is 6.91. The number of esters is 2. The predicted molar refractivity (Wildman–Crippen MR) is 279 cm³/mol. The van der Waals surface area contributed by atoms with Gasteiger partial charge in [0.1, 0.15) is 6.61 Å². The summed E-state index contributed by atoms with van der Waals surface area (Å²) in [4.78, 5) is 25.4. The summed E-state index contributed by atoms with van der Waals surface area (Å²) in [5, 5.41) is 0. The number of carbonyl (C=O) groups is 2. The quantitative estimate of drug-likeness (QED) is 0.0346. The Morgan fingerprint density at radius 2 is 0.719 bits per heavy atom.